The number of rotatable bonds is 4. The number of para-hydroxylation sites is 1. The smallest absolute Gasteiger partial charge is 0.331 e. The minimum Gasteiger partial charge on any atom is -0.449 e. The molecule has 0 unspecified atom stereocenters. The molecule has 5 heteroatoms. The third kappa shape index (κ3) is 4.28. The zero-order chi connectivity index (χ0) is 14.3. The molecule has 1 aromatic carbocycles. The van der Waals surface area contributed by atoms with Crippen LogP contribution in [0.5, 0.6) is 0 Å². The van der Waals surface area contributed by atoms with Crippen LogP contribution < -0.4 is 5.32 Å². The van der Waals surface area contributed by atoms with Crippen LogP contribution in [0.25, 0.3) is 0 Å². The Kier molecular flexibility index (Phi) is 5.30. The fourth-order valence-corrected chi connectivity index (χ4v) is 1.33. The Morgan fingerprint density at radius 3 is 2.74 bits per heavy atom. The Balaban J connectivity index is 2.69. The lowest BCUT2D eigenvalue weighted by atomic mass is 10.2. The number of anilines is 1. The highest BCUT2D eigenvalue weighted by molar-refractivity contribution is 5.96. The molecule has 0 aliphatic carbocycles. The quantitative estimate of drug-likeness (QED) is 0.661. The number of hydrogen-bond donors (Lipinski definition) is 1. The van der Waals surface area contributed by atoms with Crippen LogP contribution in [0, 0.1) is 11.3 Å². The molecule has 0 heterocycles. The Morgan fingerprint density at radius 2 is 2.11 bits per heavy atom. The molecule has 98 valence electrons. The van der Waals surface area contributed by atoms with Gasteiger partial charge < -0.3 is 10.1 Å². The van der Waals surface area contributed by atoms with Crippen molar-refractivity contribution >= 4 is 17.6 Å². The van der Waals surface area contributed by atoms with Crippen molar-refractivity contribution in [2.24, 2.45) is 0 Å². The average molecular weight is 258 g/mol. The molecule has 0 bridgehead atoms. The lowest BCUT2D eigenvalue weighted by Crippen LogP contribution is -2.29. The molecule has 0 saturated heterocycles. The number of carbonyl (C=O) groups excluding carboxylic acids is 2. The molecule has 0 aromatic heterocycles. The molecule has 1 rings (SSSR count). The van der Waals surface area contributed by atoms with Crippen molar-refractivity contribution in [3.05, 3.63) is 42.0 Å². The minimum atomic E-state index is -0.935. The van der Waals surface area contributed by atoms with Crippen molar-refractivity contribution in [3.63, 3.8) is 0 Å². The number of allylic oxidation sites excluding steroid dienone is 1. The van der Waals surface area contributed by atoms with Gasteiger partial charge in [0.05, 0.1) is 11.3 Å². The van der Waals surface area contributed by atoms with Crippen LogP contribution in [-0.4, -0.2) is 18.0 Å². The van der Waals surface area contributed by atoms with Gasteiger partial charge in [-0.2, -0.15) is 5.26 Å². The Bertz CT molecular complexity index is 544. The predicted molar refractivity (Wildman–Crippen MR) is 70.2 cm³/mol. The van der Waals surface area contributed by atoms with Gasteiger partial charge in [-0.05, 0) is 26.0 Å². The molecule has 0 fully saturated rings. The van der Waals surface area contributed by atoms with Crippen LogP contribution >= 0.6 is 0 Å². The number of esters is 1. The molecule has 0 aliphatic heterocycles. The molecule has 5 nitrogen and oxygen atoms in total. The molecule has 0 spiro atoms. The Labute approximate surface area is 111 Å². The second-order valence-corrected chi connectivity index (χ2v) is 3.73. The summed E-state index contributed by atoms with van der Waals surface area (Å²) in [6.45, 7) is 3.14. The van der Waals surface area contributed by atoms with Crippen molar-refractivity contribution in [3.8, 4) is 6.07 Å². The molecule has 1 aromatic rings. The normalized spacial score (nSPS) is 11.6. The Hall–Kier alpha value is -2.61. The van der Waals surface area contributed by atoms with Gasteiger partial charge >= 0.3 is 5.97 Å². The number of amides is 1. The summed E-state index contributed by atoms with van der Waals surface area (Å²) in [7, 11) is 0. The zero-order valence-electron chi connectivity index (χ0n) is 10.7. The molecule has 0 aliphatic rings. The lowest BCUT2D eigenvalue weighted by Gasteiger charge is -2.12. The molecule has 1 amide bonds. The van der Waals surface area contributed by atoms with E-state index in [4.69, 9.17) is 10.00 Å². The van der Waals surface area contributed by atoms with Gasteiger partial charge in [0.25, 0.3) is 5.91 Å². The van der Waals surface area contributed by atoms with Crippen molar-refractivity contribution in [2.45, 2.75) is 20.0 Å². The predicted octanol–water partition coefficient (Wildman–Crippen LogP) is 2.00. The molecule has 0 saturated carbocycles. The number of carbonyl (C=O) groups is 2. The number of hydrogen-bond acceptors (Lipinski definition) is 4. The summed E-state index contributed by atoms with van der Waals surface area (Å²) in [6.07, 6.45) is 1.82. The lowest BCUT2D eigenvalue weighted by molar-refractivity contribution is -0.148. The highest BCUT2D eigenvalue weighted by atomic mass is 16.5. The molecular formula is C14H14N2O3. The second kappa shape index (κ2) is 6.97. The van der Waals surface area contributed by atoms with E-state index in [1.165, 1.54) is 19.1 Å². The third-order valence-electron chi connectivity index (χ3n) is 2.27. The van der Waals surface area contributed by atoms with Crippen molar-refractivity contribution in [2.75, 3.05) is 5.32 Å². The molecule has 0 radical (unpaired) electrons. The first kappa shape index (κ1) is 14.5. The SMILES string of the molecule is C/C=C/C(=O)O[C@H](C)C(=O)Nc1ccccc1C#N. The van der Waals surface area contributed by atoms with Crippen molar-refractivity contribution in [1.29, 1.82) is 5.26 Å². The first-order chi connectivity index (χ1) is 9.08. The van der Waals surface area contributed by atoms with Crippen LogP contribution in [0.4, 0.5) is 5.69 Å². The summed E-state index contributed by atoms with van der Waals surface area (Å²) in [6, 6.07) is 8.56. The van der Waals surface area contributed by atoms with E-state index in [9.17, 15) is 9.59 Å². The van der Waals surface area contributed by atoms with Gasteiger partial charge in [0.1, 0.15) is 6.07 Å². The van der Waals surface area contributed by atoms with E-state index in [2.05, 4.69) is 5.32 Å². The first-order valence-electron chi connectivity index (χ1n) is 5.71. The summed E-state index contributed by atoms with van der Waals surface area (Å²) >= 11 is 0. The maximum Gasteiger partial charge on any atom is 0.331 e. The van der Waals surface area contributed by atoms with E-state index in [1.807, 2.05) is 6.07 Å². The maximum absolute atomic E-state index is 11.8. The van der Waals surface area contributed by atoms with Gasteiger partial charge in [-0.3, -0.25) is 4.79 Å². The fraction of sp³-hybridized carbons (Fsp3) is 0.214. The number of benzene rings is 1. The number of nitrogens with one attached hydrogen (secondary N) is 1. The molecule has 19 heavy (non-hydrogen) atoms. The highest BCUT2D eigenvalue weighted by Crippen LogP contribution is 2.14. The van der Waals surface area contributed by atoms with E-state index < -0.39 is 18.0 Å². The number of nitriles is 1. The van der Waals surface area contributed by atoms with Crippen LogP contribution in [0.2, 0.25) is 0 Å². The standard InChI is InChI=1S/C14H14N2O3/c1-3-6-13(17)19-10(2)14(18)16-12-8-5-4-7-11(12)9-15/h3-8,10H,1-2H3,(H,16,18)/b6-3+/t10-/m1/s1. The van der Waals surface area contributed by atoms with E-state index >= 15 is 0 Å². The van der Waals surface area contributed by atoms with Crippen LogP contribution in [0.15, 0.2) is 36.4 Å². The van der Waals surface area contributed by atoms with E-state index in [-0.39, 0.29) is 0 Å². The third-order valence-corrected chi connectivity index (χ3v) is 2.27. The monoisotopic (exact) mass is 258 g/mol. The van der Waals surface area contributed by atoms with Gasteiger partial charge in [0.15, 0.2) is 6.10 Å². The summed E-state index contributed by atoms with van der Waals surface area (Å²) in [4.78, 5) is 23.0. The van der Waals surface area contributed by atoms with Gasteiger partial charge in [0.2, 0.25) is 0 Å². The minimum absolute atomic E-state index is 0.350. The molecule has 1 N–H and O–H groups in total. The first-order valence-corrected chi connectivity index (χ1v) is 5.71. The summed E-state index contributed by atoms with van der Waals surface area (Å²) in [5.74, 6) is -1.07. The van der Waals surface area contributed by atoms with Crippen LogP contribution in [0.3, 0.4) is 0 Å². The fourth-order valence-electron chi connectivity index (χ4n) is 1.33. The van der Waals surface area contributed by atoms with E-state index in [0.717, 1.165) is 0 Å². The van der Waals surface area contributed by atoms with E-state index in [1.54, 1.807) is 31.2 Å². The van der Waals surface area contributed by atoms with Crippen molar-refractivity contribution in [1.82, 2.24) is 0 Å². The number of ether oxygens (including phenoxy) is 1. The second-order valence-electron chi connectivity index (χ2n) is 3.73. The van der Waals surface area contributed by atoms with Crippen molar-refractivity contribution < 1.29 is 14.3 Å². The number of nitrogens with zero attached hydrogens (tertiary/aromatic N) is 1. The van der Waals surface area contributed by atoms with Gasteiger partial charge in [-0.25, -0.2) is 4.79 Å². The van der Waals surface area contributed by atoms with E-state index in [0.29, 0.717) is 11.3 Å². The average Bonchev–Trinajstić information content (AvgIpc) is 2.39. The topological polar surface area (TPSA) is 79.2 Å². The summed E-state index contributed by atoms with van der Waals surface area (Å²) in [5.41, 5.74) is 0.742. The molecular weight excluding hydrogens is 244 g/mol. The zero-order valence-corrected chi connectivity index (χ0v) is 10.7. The summed E-state index contributed by atoms with van der Waals surface area (Å²) in [5, 5.41) is 11.4. The van der Waals surface area contributed by atoms with Crippen LogP contribution in [0.1, 0.15) is 19.4 Å². The summed E-state index contributed by atoms with van der Waals surface area (Å²) < 4.78 is 4.88. The Morgan fingerprint density at radius 1 is 1.42 bits per heavy atom. The van der Waals surface area contributed by atoms with Gasteiger partial charge in [-0.15, -0.1) is 0 Å². The maximum atomic E-state index is 11.8. The van der Waals surface area contributed by atoms with Gasteiger partial charge in [0, 0.05) is 6.08 Å². The van der Waals surface area contributed by atoms with Crippen LogP contribution in [-0.2, 0) is 14.3 Å². The largest absolute Gasteiger partial charge is 0.449 e. The molecule has 1 atom stereocenters. The van der Waals surface area contributed by atoms with Gasteiger partial charge in [-0.1, -0.05) is 18.2 Å². The highest BCUT2D eigenvalue weighted by Gasteiger charge is 2.17.